The van der Waals surface area contributed by atoms with Crippen LogP contribution in [-0.2, 0) is 4.79 Å². The number of carbonyl (C=O) groups is 1. The Morgan fingerprint density at radius 1 is 1.33 bits per heavy atom. The zero-order chi connectivity index (χ0) is 13.1. The van der Waals surface area contributed by atoms with Gasteiger partial charge in [0.05, 0.1) is 6.04 Å². The second-order valence-corrected chi connectivity index (χ2v) is 5.82. The van der Waals surface area contributed by atoms with E-state index in [1.165, 1.54) is 6.42 Å². The number of amides is 1. The summed E-state index contributed by atoms with van der Waals surface area (Å²) >= 11 is 3.46. The predicted octanol–water partition coefficient (Wildman–Crippen LogP) is 3.15. The summed E-state index contributed by atoms with van der Waals surface area (Å²) in [6.45, 7) is 4.97. The molecular formula is C14H19BrN2O. The van der Waals surface area contributed by atoms with Crippen LogP contribution in [-0.4, -0.2) is 18.5 Å². The summed E-state index contributed by atoms with van der Waals surface area (Å²) in [5.41, 5.74) is 3.12. The van der Waals surface area contributed by atoms with Crippen LogP contribution in [0.25, 0.3) is 0 Å². The number of piperidine rings is 1. The number of carbonyl (C=O) groups excluding carboxylic acids is 1. The Kier molecular flexibility index (Phi) is 4.40. The molecule has 18 heavy (non-hydrogen) atoms. The summed E-state index contributed by atoms with van der Waals surface area (Å²) < 4.78 is 1.05. The maximum absolute atomic E-state index is 12.2. The molecule has 1 aromatic carbocycles. The molecule has 1 fully saturated rings. The summed E-state index contributed by atoms with van der Waals surface area (Å²) in [7, 11) is 0. The van der Waals surface area contributed by atoms with Crippen LogP contribution in [0.4, 0.5) is 5.69 Å². The monoisotopic (exact) mass is 310 g/mol. The van der Waals surface area contributed by atoms with Gasteiger partial charge in [-0.15, -0.1) is 0 Å². The van der Waals surface area contributed by atoms with Gasteiger partial charge in [0.25, 0.3) is 0 Å². The zero-order valence-electron chi connectivity index (χ0n) is 10.8. The van der Waals surface area contributed by atoms with E-state index in [9.17, 15) is 4.79 Å². The molecule has 2 N–H and O–H groups in total. The highest BCUT2D eigenvalue weighted by molar-refractivity contribution is 9.10. The van der Waals surface area contributed by atoms with Crippen molar-refractivity contribution in [3.8, 4) is 0 Å². The van der Waals surface area contributed by atoms with Gasteiger partial charge in [-0.3, -0.25) is 4.79 Å². The molecule has 1 amide bonds. The normalized spacial score (nSPS) is 19.6. The van der Waals surface area contributed by atoms with Gasteiger partial charge in [0.2, 0.25) is 5.91 Å². The fraction of sp³-hybridized carbons (Fsp3) is 0.500. The Balaban J connectivity index is 2.11. The third kappa shape index (κ3) is 3.12. The fourth-order valence-corrected chi connectivity index (χ4v) is 3.08. The first-order chi connectivity index (χ1) is 8.58. The van der Waals surface area contributed by atoms with Crippen molar-refractivity contribution in [3.63, 3.8) is 0 Å². The lowest BCUT2D eigenvalue weighted by atomic mass is 10.0. The average molecular weight is 311 g/mol. The number of nitrogens with one attached hydrogen (secondary N) is 2. The molecule has 1 aliphatic rings. The van der Waals surface area contributed by atoms with Gasteiger partial charge in [-0.1, -0.05) is 22.4 Å². The van der Waals surface area contributed by atoms with Crippen LogP contribution in [0.2, 0.25) is 0 Å². The first-order valence-electron chi connectivity index (χ1n) is 6.39. The molecule has 0 aromatic heterocycles. The highest BCUT2D eigenvalue weighted by Gasteiger charge is 2.21. The Morgan fingerprint density at radius 3 is 2.56 bits per heavy atom. The lowest BCUT2D eigenvalue weighted by Crippen LogP contribution is -2.43. The molecule has 0 radical (unpaired) electrons. The van der Waals surface area contributed by atoms with Crippen LogP contribution in [0, 0.1) is 13.8 Å². The van der Waals surface area contributed by atoms with Crippen LogP contribution in [0.3, 0.4) is 0 Å². The highest BCUT2D eigenvalue weighted by atomic mass is 79.9. The van der Waals surface area contributed by atoms with Crippen molar-refractivity contribution in [3.05, 3.63) is 27.7 Å². The number of hydrogen-bond donors (Lipinski definition) is 2. The SMILES string of the molecule is Cc1cc(Br)cc(C)c1NC(=O)[C@@H]1CCCCN1. The lowest BCUT2D eigenvalue weighted by molar-refractivity contribution is -0.118. The third-order valence-electron chi connectivity index (χ3n) is 3.37. The molecule has 0 unspecified atom stereocenters. The third-order valence-corrected chi connectivity index (χ3v) is 3.83. The molecule has 98 valence electrons. The van der Waals surface area contributed by atoms with Crippen molar-refractivity contribution in [2.24, 2.45) is 0 Å². The van der Waals surface area contributed by atoms with Crippen molar-refractivity contribution < 1.29 is 4.79 Å². The minimum absolute atomic E-state index is 0.0406. The first-order valence-corrected chi connectivity index (χ1v) is 7.18. The van der Waals surface area contributed by atoms with Gasteiger partial charge in [0, 0.05) is 10.2 Å². The summed E-state index contributed by atoms with van der Waals surface area (Å²) in [4.78, 5) is 12.2. The minimum atomic E-state index is -0.0406. The van der Waals surface area contributed by atoms with Gasteiger partial charge >= 0.3 is 0 Å². The van der Waals surface area contributed by atoms with Crippen LogP contribution in [0.15, 0.2) is 16.6 Å². The molecule has 1 heterocycles. The molecular weight excluding hydrogens is 292 g/mol. The second kappa shape index (κ2) is 5.85. The molecule has 3 nitrogen and oxygen atoms in total. The molecule has 1 aromatic rings. The van der Waals surface area contributed by atoms with Crippen LogP contribution in [0.5, 0.6) is 0 Å². The predicted molar refractivity (Wildman–Crippen MR) is 77.9 cm³/mol. The number of hydrogen-bond acceptors (Lipinski definition) is 2. The van der Waals surface area contributed by atoms with Crippen molar-refractivity contribution in [1.29, 1.82) is 0 Å². The smallest absolute Gasteiger partial charge is 0.241 e. The van der Waals surface area contributed by atoms with E-state index in [1.807, 2.05) is 26.0 Å². The summed E-state index contributed by atoms with van der Waals surface area (Å²) in [6, 6.07) is 4.01. The topological polar surface area (TPSA) is 41.1 Å². The van der Waals surface area contributed by atoms with Gasteiger partial charge in [0.1, 0.15) is 0 Å². The molecule has 0 bridgehead atoms. The van der Waals surface area contributed by atoms with E-state index in [-0.39, 0.29) is 11.9 Å². The second-order valence-electron chi connectivity index (χ2n) is 4.91. The van der Waals surface area contributed by atoms with Gasteiger partial charge in [-0.2, -0.15) is 0 Å². The largest absolute Gasteiger partial charge is 0.324 e. The van der Waals surface area contributed by atoms with E-state index < -0.39 is 0 Å². The molecule has 2 rings (SSSR count). The number of benzene rings is 1. The number of anilines is 1. The number of rotatable bonds is 2. The maximum atomic E-state index is 12.2. The molecule has 1 atom stereocenters. The molecule has 0 spiro atoms. The van der Waals surface area contributed by atoms with Gasteiger partial charge < -0.3 is 10.6 Å². The van der Waals surface area contributed by atoms with Crippen LogP contribution in [0.1, 0.15) is 30.4 Å². The maximum Gasteiger partial charge on any atom is 0.241 e. The Hall–Kier alpha value is -0.870. The first kappa shape index (κ1) is 13.6. The molecule has 1 aliphatic heterocycles. The van der Waals surface area contributed by atoms with E-state index >= 15 is 0 Å². The van der Waals surface area contributed by atoms with E-state index in [4.69, 9.17) is 0 Å². The van der Waals surface area contributed by atoms with Crippen molar-refractivity contribution in [2.45, 2.75) is 39.2 Å². The van der Waals surface area contributed by atoms with E-state index in [1.54, 1.807) is 0 Å². The number of halogens is 1. The summed E-state index contributed by atoms with van der Waals surface area (Å²) in [5.74, 6) is 0.0863. The molecule has 1 saturated heterocycles. The van der Waals surface area contributed by atoms with Crippen molar-refractivity contribution >= 4 is 27.5 Å². The Bertz CT molecular complexity index is 430. The van der Waals surface area contributed by atoms with Crippen LogP contribution < -0.4 is 10.6 Å². The highest BCUT2D eigenvalue weighted by Crippen LogP contribution is 2.25. The average Bonchev–Trinajstić information content (AvgIpc) is 2.34. The lowest BCUT2D eigenvalue weighted by Gasteiger charge is -2.23. The van der Waals surface area contributed by atoms with E-state index in [0.29, 0.717) is 0 Å². The zero-order valence-corrected chi connectivity index (χ0v) is 12.4. The minimum Gasteiger partial charge on any atom is -0.324 e. The summed E-state index contributed by atoms with van der Waals surface area (Å²) in [5, 5.41) is 6.32. The van der Waals surface area contributed by atoms with Gasteiger partial charge in [-0.05, 0) is 56.5 Å². The number of aryl methyl sites for hydroxylation is 2. The van der Waals surface area contributed by atoms with Crippen LogP contribution >= 0.6 is 15.9 Å². The van der Waals surface area contributed by atoms with E-state index in [0.717, 1.165) is 40.7 Å². The Labute approximate surface area is 116 Å². The quantitative estimate of drug-likeness (QED) is 0.881. The molecule has 0 saturated carbocycles. The Morgan fingerprint density at radius 2 is 2.00 bits per heavy atom. The molecule has 4 heteroatoms. The van der Waals surface area contributed by atoms with Crippen molar-refractivity contribution in [1.82, 2.24) is 5.32 Å². The van der Waals surface area contributed by atoms with Gasteiger partial charge in [0.15, 0.2) is 0 Å². The fourth-order valence-electron chi connectivity index (χ4n) is 2.39. The van der Waals surface area contributed by atoms with Gasteiger partial charge in [-0.25, -0.2) is 0 Å². The van der Waals surface area contributed by atoms with E-state index in [2.05, 4.69) is 26.6 Å². The van der Waals surface area contributed by atoms with Crippen molar-refractivity contribution in [2.75, 3.05) is 11.9 Å². The summed E-state index contributed by atoms with van der Waals surface area (Å²) in [6.07, 6.45) is 3.23. The standard InChI is InChI=1S/C14H19BrN2O/c1-9-7-11(15)8-10(2)13(9)17-14(18)12-5-3-4-6-16-12/h7-8,12,16H,3-6H2,1-2H3,(H,17,18)/t12-/m0/s1. The molecule has 0 aliphatic carbocycles.